The van der Waals surface area contributed by atoms with Crippen molar-refractivity contribution < 1.29 is 14.4 Å². The lowest BCUT2D eigenvalue weighted by atomic mass is 10.4. The Morgan fingerprint density at radius 3 is 1.88 bits per heavy atom. The van der Waals surface area contributed by atoms with Gasteiger partial charge < -0.3 is 14.4 Å². The van der Waals surface area contributed by atoms with E-state index in [0.717, 1.165) is 0 Å². The average Bonchev–Trinajstić information content (AvgIpc) is 1.68. The molecule has 46 valence electrons. The second-order valence-corrected chi connectivity index (χ2v) is 1.56. The van der Waals surface area contributed by atoms with Crippen molar-refractivity contribution in [1.82, 2.24) is 0 Å². The quantitative estimate of drug-likeness (QED) is 0.411. The molecule has 0 aromatic heterocycles. The second-order valence-electron chi connectivity index (χ2n) is 1.56. The molecule has 0 bridgehead atoms. The zero-order valence-electron chi connectivity index (χ0n) is 5.26. The van der Waals surface area contributed by atoms with Gasteiger partial charge >= 0.3 is 0 Å². The zero-order chi connectivity index (χ0) is 6.41. The molecular formula is C3H10B2O3. The van der Waals surface area contributed by atoms with E-state index in [1.807, 2.05) is 0 Å². The molecule has 0 aromatic rings. The molecule has 1 N–H and O–H groups in total. The van der Waals surface area contributed by atoms with E-state index in [1.54, 1.807) is 16.1 Å². The lowest BCUT2D eigenvalue weighted by molar-refractivity contribution is 0.0692. The molecular weight excluding hydrogens is 106 g/mol. The summed E-state index contributed by atoms with van der Waals surface area (Å²) in [5.41, 5.74) is 0. The predicted octanol–water partition coefficient (Wildman–Crippen LogP) is -2.52. The first kappa shape index (κ1) is 8.01. The molecule has 0 saturated heterocycles. The third-order valence-corrected chi connectivity index (χ3v) is 0.718. The molecule has 0 amide bonds. The molecule has 0 atom stereocenters. The summed E-state index contributed by atoms with van der Waals surface area (Å²) in [7, 11) is 3.08. The van der Waals surface area contributed by atoms with Crippen LogP contribution in [0.4, 0.5) is 0 Å². The molecule has 0 heterocycles. The molecule has 5 heteroatoms. The molecule has 0 fully saturated rings. The van der Waals surface area contributed by atoms with E-state index < -0.39 is 6.10 Å². The van der Waals surface area contributed by atoms with Crippen molar-refractivity contribution in [2.75, 3.05) is 13.2 Å². The van der Waals surface area contributed by atoms with Crippen molar-refractivity contribution >= 4 is 16.1 Å². The highest BCUT2D eigenvalue weighted by Gasteiger charge is 1.98. The third-order valence-electron chi connectivity index (χ3n) is 0.718. The van der Waals surface area contributed by atoms with Crippen LogP contribution < -0.4 is 0 Å². The maximum atomic E-state index is 8.80. The first-order valence-electron chi connectivity index (χ1n) is 2.47. The van der Waals surface area contributed by atoms with Gasteiger partial charge in [0.2, 0.25) is 0 Å². The van der Waals surface area contributed by atoms with Crippen LogP contribution in [0.5, 0.6) is 0 Å². The summed E-state index contributed by atoms with van der Waals surface area (Å²) in [5, 5.41) is 8.80. The van der Waals surface area contributed by atoms with Crippen molar-refractivity contribution in [1.29, 1.82) is 0 Å². The van der Waals surface area contributed by atoms with E-state index in [4.69, 9.17) is 5.11 Å². The van der Waals surface area contributed by atoms with Crippen LogP contribution in [0.3, 0.4) is 0 Å². The van der Waals surface area contributed by atoms with Gasteiger partial charge in [-0.05, 0) is 0 Å². The smallest absolute Gasteiger partial charge is 0.257 e. The molecule has 8 heavy (non-hydrogen) atoms. The van der Waals surface area contributed by atoms with Crippen LogP contribution in [0.1, 0.15) is 0 Å². The maximum Gasteiger partial charge on any atom is 0.257 e. The minimum Gasteiger partial charge on any atom is -0.441 e. The highest BCUT2D eigenvalue weighted by atomic mass is 16.5. The number of aliphatic hydroxyl groups excluding tert-OH is 1. The molecule has 0 aromatic carbocycles. The van der Waals surface area contributed by atoms with Crippen molar-refractivity contribution in [3.05, 3.63) is 0 Å². The Kier molecular flexibility index (Phi) is 5.16. The summed E-state index contributed by atoms with van der Waals surface area (Å²) in [5.74, 6) is 0. The molecule has 0 spiro atoms. The molecule has 0 aliphatic carbocycles. The minimum atomic E-state index is -0.481. The fourth-order valence-corrected chi connectivity index (χ4v) is 0.433. The van der Waals surface area contributed by atoms with E-state index in [9.17, 15) is 0 Å². The summed E-state index contributed by atoms with van der Waals surface area (Å²) in [6.45, 7) is 0.682. The van der Waals surface area contributed by atoms with Gasteiger partial charge in [0.25, 0.3) is 16.1 Å². The Hall–Kier alpha value is 0.00987. The van der Waals surface area contributed by atoms with Crippen molar-refractivity contribution in [3.8, 4) is 0 Å². The summed E-state index contributed by atoms with van der Waals surface area (Å²) in [6.07, 6.45) is -0.481. The van der Waals surface area contributed by atoms with Crippen LogP contribution in [0, 0.1) is 0 Å². The summed E-state index contributed by atoms with van der Waals surface area (Å²) in [4.78, 5) is 0. The number of rotatable bonds is 4. The lowest BCUT2D eigenvalue weighted by Crippen LogP contribution is -2.20. The largest absolute Gasteiger partial charge is 0.441 e. The van der Waals surface area contributed by atoms with E-state index >= 15 is 0 Å². The van der Waals surface area contributed by atoms with Gasteiger partial charge in [0.15, 0.2) is 0 Å². The van der Waals surface area contributed by atoms with E-state index in [1.165, 1.54) is 0 Å². The first-order chi connectivity index (χ1) is 3.81. The van der Waals surface area contributed by atoms with Gasteiger partial charge in [-0.15, -0.1) is 0 Å². The molecule has 0 aliphatic heterocycles. The Bertz CT molecular complexity index is 45.8. The highest BCUT2D eigenvalue weighted by Crippen LogP contribution is 1.81. The van der Waals surface area contributed by atoms with Gasteiger partial charge in [-0.25, -0.2) is 0 Å². The number of hydrogen-bond acceptors (Lipinski definition) is 3. The molecule has 0 saturated carbocycles. The standard InChI is InChI=1S/C3H10B2O3/c4-7-1-3(6)2-8-5/h3,6H,1-2,4-5H2. The van der Waals surface area contributed by atoms with Gasteiger partial charge in [-0.3, -0.25) is 0 Å². The van der Waals surface area contributed by atoms with Crippen molar-refractivity contribution in [3.63, 3.8) is 0 Å². The van der Waals surface area contributed by atoms with Gasteiger partial charge in [-0.1, -0.05) is 0 Å². The summed E-state index contributed by atoms with van der Waals surface area (Å²) in [6, 6.07) is 0. The normalized spacial score (nSPS) is 10.2. The monoisotopic (exact) mass is 116 g/mol. The van der Waals surface area contributed by atoms with Gasteiger partial charge in [-0.2, -0.15) is 0 Å². The van der Waals surface area contributed by atoms with Crippen LogP contribution in [-0.4, -0.2) is 40.5 Å². The van der Waals surface area contributed by atoms with Crippen LogP contribution in [0.25, 0.3) is 0 Å². The highest BCUT2D eigenvalue weighted by molar-refractivity contribution is 5.98. The van der Waals surface area contributed by atoms with E-state index in [-0.39, 0.29) is 0 Å². The zero-order valence-corrected chi connectivity index (χ0v) is 5.26. The van der Waals surface area contributed by atoms with Gasteiger partial charge in [0.1, 0.15) is 0 Å². The minimum absolute atomic E-state index is 0.341. The average molecular weight is 116 g/mol. The fourth-order valence-electron chi connectivity index (χ4n) is 0.433. The Morgan fingerprint density at radius 2 is 1.62 bits per heavy atom. The Balaban J connectivity index is 2.92. The van der Waals surface area contributed by atoms with Crippen molar-refractivity contribution in [2.24, 2.45) is 0 Å². The lowest BCUT2D eigenvalue weighted by Gasteiger charge is -2.06. The molecule has 3 nitrogen and oxygen atoms in total. The van der Waals surface area contributed by atoms with Crippen LogP contribution in [-0.2, 0) is 9.31 Å². The van der Waals surface area contributed by atoms with Crippen LogP contribution in [0.15, 0.2) is 0 Å². The SMILES string of the molecule is BOCC(O)COB. The molecule has 0 unspecified atom stereocenters. The second kappa shape index (κ2) is 5.15. The van der Waals surface area contributed by atoms with Gasteiger partial charge in [0.05, 0.1) is 19.3 Å². The Labute approximate surface area is 50.9 Å². The van der Waals surface area contributed by atoms with Crippen molar-refractivity contribution in [2.45, 2.75) is 6.10 Å². The van der Waals surface area contributed by atoms with Crippen LogP contribution >= 0.6 is 0 Å². The van der Waals surface area contributed by atoms with Crippen LogP contribution in [0.2, 0.25) is 0 Å². The fraction of sp³-hybridized carbons (Fsp3) is 1.00. The van der Waals surface area contributed by atoms with E-state index in [0.29, 0.717) is 13.2 Å². The molecule has 0 rings (SSSR count). The van der Waals surface area contributed by atoms with E-state index in [2.05, 4.69) is 9.31 Å². The van der Waals surface area contributed by atoms with Gasteiger partial charge in [0, 0.05) is 0 Å². The maximum absolute atomic E-state index is 8.80. The molecule has 0 radical (unpaired) electrons. The number of aliphatic hydroxyl groups is 1. The number of hydrogen-bond donors (Lipinski definition) is 1. The topological polar surface area (TPSA) is 38.7 Å². The summed E-state index contributed by atoms with van der Waals surface area (Å²) < 4.78 is 9.25. The third kappa shape index (κ3) is 4.18. The summed E-state index contributed by atoms with van der Waals surface area (Å²) >= 11 is 0. The molecule has 0 aliphatic rings. The Morgan fingerprint density at radius 1 is 1.25 bits per heavy atom. The predicted molar refractivity (Wildman–Crippen MR) is 35.0 cm³/mol. The first-order valence-corrected chi connectivity index (χ1v) is 2.47.